The lowest BCUT2D eigenvalue weighted by atomic mass is 9.87. The van der Waals surface area contributed by atoms with Crippen molar-refractivity contribution in [3.8, 4) is 0 Å². The third kappa shape index (κ3) is 4.32. The topological polar surface area (TPSA) is 29.9 Å². The molecule has 0 bridgehead atoms. The Hall–Kier alpha value is -0.830. The number of nitrogens with zero attached hydrogens (tertiary/aromatic N) is 2. The minimum absolute atomic E-state index is 0.629. The molecular formula is C18H33N3. The Bertz CT molecular complexity index is 448. The molecule has 3 heteroatoms. The standard InChI is InChI=1S/C18H33N3/c1-13(2)12-19-10-9-18-15(4)20-21(16(18)5)17-8-6-7-14(3)11-17/h13-14,17,19H,6-12H2,1-5H3. The molecule has 21 heavy (non-hydrogen) atoms. The Morgan fingerprint density at radius 3 is 2.71 bits per heavy atom. The van der Waals surface area contributed by atoms with E-state index in [4.69, 9.17) is 5.10 Å². The van der Waals surface area contributed by atoms with E-state index >= 15 is 0 Å². The van der Waals surface area contributed by atoms with Gasteiger partial charge >= 0.3 is 0 Å². The van der Waals surface area contributed by atoms with Crippen molar-refractivity contribution in [1.29, 1.82) is 0 Å². The van der Waals surface area contributed by atoms with E-state index in [2.05, 4.69) is 44.6 Å². The number of nitrogens with one attached hydrogen (secondary N) is 1. The smallest absolute Gasteiger partial charge is 0.0629 e. The van der Waals surface area contributed by atoms with Crippen molar-refractivity contribution < 1.29 is 0 Å². The summed E-state index contributed by atoms with van der Waals surface area (Å²) in [6.45, 7) is 13.5. The zero-order chi connectivity index (χ0) is 15.4. The molecule has 3 nitrogen and oxygen atoms in total. The summed E-state index contributed by atoms with van der Waals surface area (Å²) < 4.78 is 2.34. The molecule has 1 aromatic heterocycles. The third-order valence-electron chi connectivity index (χ3n) is 4.83. The van der Waals surface area contributed by atoms with Gasteiger partial charge in [-0.3, -0.25) is 4.68 Å². The molecule has 1 saturated carbocycles. The Kier molecular flexibility index (Phi) is 5.86. The first-order chi connectivity index (χ1) is 9.99. The molecule has 2 atom stereocenters. The highest BCUT2D eigenvalue weighted by Gasteiger charge is 2.23. The highest BCUT2D eigenvalue weighted by molar-refractivity contribution is 5.25. The number of hydrogen-bond donors (Lipinski definition) is 1. The van der Waals surface area contributed by atoms with E-state index in [1.807, 2.05) is 0 Å². The average Bonchev–Trinajstić information content (AvgIpc) is 2.70. The maximum absolute atomic E-state index is 4.87. The number of rotatable bonds is 6. The van der Waals surface area contributed by atoms with Gasteiger partial charge in [-0.2, -0.15) is 5.10 Å². The maximum Gasteiger partial charge on any atom is 0.0629 e. The molecule has 1 fully saturated rings. The zero-order valence-corrected chi connectivity index (χ0v) is 14.6. The lowest BCUT2D eigenvalue weighted by Gasteiger charge is -2.28. The molecule has 0 amide bonds. The van der Waals surface area contributed by atoms with Crippen LogP contribution in [0.4, 0.5) is 0 Å². The molecule has 0 radical (unpaired) electrons. The van der Waals surface area contributed by atoms with Gasteiger partial charge in [0.25, 0.3) is 0 Å². The second-order valence-electron chi connectivity index (χ2n) is 7.37. The molecule has 1 aliphatic rings. The van der Waals surface area contributed by atoms with Crippen molar-refractivity contribution in [2.75, 3.05) is 13.1 Å². The first-order valence-electron chi connectivity index (χ1n) is 8.74. The molecule has 0 aromatic carbocycles. The Labute approximate surface area is 130 Å². The SMILES string of the molecule is Cc1nn(C2CCCC(C)C2)c(C)c1CCNCC(C)C. The van der Waals surface area contributed by atoms with Gasteiger partial charge in [0.15, 0.2) is 0 Å². The molecule has 0 saturated heterocycles. The fourth-order valence-corrected chi connectivity index (χ4v) is 3.64. The molecule has 2 unspecified atom stereocenters. The van der Waals surface area contributed by atoms with Gasteiger partial charge in [-0.15, -0.1) is 0 Å². The summed E-state index contributed by atoms with van der Waals surface area (Å²) in [5, 5.41) is 8.42. The normalized spacial score (nSPS) is 23.0. The molecule has 1 heterocycles. The summed E-state index contributed by atoms with van der Waals surface area (Å²) in [5.74, 6) is 1.57. The second kappa shape index (κ2) is 7.44. The number of aryl methyl sites for hydroxylation is 1. The van der Waals surface area contributed by atoms with E-state index in [1.165, 1.54) is 42.6 Å². The van der Waals surface area contributed by atoms with Gasteiger partial charge in [-0.1, -0.05) is 33.6 Å². The average molecular weight is 291 g/mol. The molecule has 0 spiro atoms. The van der Waals surface area contributed by atoms with Gasteiger partial charge in [0.05, 0.1) is 11.7 Å². The van der Waals surface area contributed by atoms with Crippen LogP contribution in [-0.4, -0.2) is 22.9 Å². The molecule has 0 aliphatic heterocycles. The lowest BCUT2D eigenvalue weighted by molar-refractivity contribution is 0.263. The van der Waals surface area contributed by atoms with Gasteiger partial charge in [-0.25, -0.2) is 0 Å². The molecule has 1 aromatic rings. The minimum atomic E-state index is 0.629. The fraction of sp³-hybridized carbons (Fsp3) is 0.833. The predicted octanol–water partition coefficient (Wildman–Crippen LogP) is 4.04. The van der Waals surface area contributed by atoms with Crippen molar-refractivity contribution in [2.45, 2.75) is 72.8 Å². The van der Waals surface area contributed by atoms with E-state index in [1.54, 1.807) is 0 Å². The molecule has 1 N–H and O–H groups in total. The van der Waals surface area contributed by atoms with Gasteiger partial charge in [0.2, 0.25) is 0 Å². The van der Waals surface area contributed by atoms with Crippen LogP contribution in [0, 0.1) is 25.7 Å². The monoisotopic (exact) mass is 291 g/mol. The van der Waals surface area contributed by atoms with Crippen LogP contribution in [0.3, 0.4) is 0 Å². The fourth-order valence-electron chi connectivity index (χ4n) is 3.64. The lowest BCUT2D eigenvalue weighted by Crippen LogP contribution is -2.22. The van der Waals surface area contributed by atoms with Crippen molar-refractivity contribution in [3.05, 3.63) is 17.0 Å². The molecule has 1 aliphatic carbocycles. The molecular weight excluding hydrogens is 258 g/mol. The number of aromatic nitrogens is 2. The van der Waals surface area contributed by atoms with Crippen molar-refractivity contribution in [2.24, 2.45) is 11.8 Å². The summed E-state index contributed by atoms with van der Waals surface area (Å²) in [4.78, 5) is 0. The van der Waals surface area contributed by atoms with Crippen molar-refractivity contribution in [3.63, 3.8) is 0 Å². The Balaban J connectivity index is 1.99. The summed E-state index contributed by atoms with van der Waals surface area (Å²) >= 11 is 0. The van der Waals surface area contributed by atoms with Crippen molar-refractivity contribution >= 4 is 0 Å². The van der Waals surface area contributed by atoms with Crippen molar-refractivity contribution in [1.82, 2.24) is 15.1 Å². The first kappa shape index (κ1) is 16.5. The zero-order valence-electron chi connectivity index (χ0n) is 14.6. The summed E-state index contributed by atoms with van der Waals surface area (Å²) in [7, 11) is 0. The third-order valence-corrected chi connectivity index (χ3v) is 4.83. The summed E-state index contributed by atoms with van der Waals surface area (Å²) in [5.41, 5.74) is 4.10. The molecule has 120 valence electrons. The van der Waals surface area contributed by atoms with E-state index in [0.29, 0.717) is 6.04 Å². The van der Waals surface area contributed by atoms with Gasteiger partial charge in [0.1, 0.15) is 0 Å². The van der Waals surface area contributed by atoms with Gasteiger partial charge in [-0.05, 0) is 63.6 Å². The quantitative estimate of drug-likeness (QED) is 0.802. The van der Waals surface area contributed by atoms with Crippen LogP contribution in [0.25, 0.3) is 0 Å². The van der Waals surface area contributed by atoms with Gasteiger partial charge < -0.3 is 5.32 Å². The van der Waals surface area contributed by atoms with Crippen LogP contribution >= 0.6 is 0 Å². The van der Waals surface area contributed by atoms with E-state index < -0.39 is 0 Å². The number of hydrogen-bond acceptors (Lipinski definition) is 2. The van der Waals surface area contributed by atoms with Crippen LogP contribution in [0.1, 0.15) is 69.4 Å². The Morgan fingerprint density at radius 1 is 1.29 bits per heavy atom. The van der Waals surface area contributed by atoms with E-state index in [-0.39, 0.29) is 0 Å². The van der Waals surface area contributed by atoms with E-state index in [0.717, 1.165) is 31.3 Å². The van der Waals surface area contributed by atoms with Crippen LogP contribution in [0.15, 0.2) is 0 Å². The predicted molar refractivity (Wildman–Crippen MR) is 89.8 cm³/mol. The minimum Gasteiger partial charge on any atom is -0.316 e. The van der Waals surface area contributed by atoms with E-state index in [9.17, 15) is 0 Å². The highest BCUT2D eigenvalue weighted by atomic mass is 15.3. The van der Waals surface area contributed by atoms with Crippen LogP contribution in [0.5, 0.6) is 0 Å². The van der Waals surface area contributed by atoms with Crippen LogP contribution in [0.2, 0.25) is 0 Å². The van der Waals surface area contributed by atoms with Gasteiger partial charge in [0, 0.05) is 5.69 Å². The first-order valence-corrected chi connectivity index (χ1v) is 8.74. The second-order valence-corrected chi connectivity index (χ2v) is 7.37. The summed E-state index contributed by atoms with van der Waals surface area (Å²) in [6, 6.07) is 0.629. The molecule has 2 rings (SSSR count). The summed E-state index contributed by atoms with van der Waals surface area (Å²) in [6.07, 6.45) is 6.45. The Morgan fingerprint density at radius 2 is 2.05 bits per heavy atom. The maximum atomic E-state index is 4.87. The largest absolute Gasteiger partial charge is 0.316 e. The highest BCUT2D eigenvalue weighted by Crippen LogP contribution is 2.33. The van der Waals surface area contributed by atoms with Crippen LogP contribution < -0.4 is 5.32 Å². The van der Waals surface area contributed by atoms with Crippen LogP contribution in [-0.2, 0) is 6.42 Å².